The summed E-state index contributed by atoms with van der Waals surface area (Å²) in [5.41, 5.74) is 0.419. The first kappa shape index (κ1) is 6.73. The fourth-order valence-corrected chi connectivity index (χ4v) is 0.992. The minimum absolute atomic E-state index is 0.419. The average molecular weight is 143 g/mol. The zero-order valence-electron chi connectivity index (χ0n) is 4.61. The van der Waals surface area contributed by atoms with Gasteiger partial charge in [-0.3, -0.25) is 0 Å². The van der Waals surface area contributed by atoms with Gasteiger partial charge in [-0.05, 0) is 23.4 Å². The van der Waals surface area contributed by atoms with Crippen molar-refractivity contribution in [3.05, 3.63) is 23.2 Å². The highest BCUT2D eigenvalue weighted by atomic mass is 32.2. The molecule has 3 nitrogen and oxygen atoms in total. The second-order valence-corrected chi connectivity index (χ2v) is 2.26. The molecular formula is C4H6BNO2S. The first-order valence-electron chi connectivity index (χ1n) is 2.45. The maximum absolute atomic E-state index is 8.55. The van der Waals surface area contributed by atoms with Crippen LogP contribution in [0.1, 0.15) is 0 Å². The fraction of sp³-hybridized carbons (Fsp3) is 0. The van der Waals surface area contributed by atoms with Crippen molar-refractivity contribution >= 4 is 19.1 Å². The Morgan fingerprint density at radius 2 is 2.33 bits per heavy atom. The van der Waals surface area contributed by atoms with Gasteiger partial charge in [-0.2, -0.15) is 0 Å². The predicted molar refractivity (Wildman–Crippen MR) is 38.1 cm³/mol. The highest BCUT2D eigenvalue weighted by Crippen LogP contribution is 2.07. The van der Waals surface area contributed by atoms with Gasteiger partial charge in [0.25, 0.3) is 0 Å². The van der Waals surface area contributed by atoms with Crippen LogP contribution in [0, 0.1) is 0 Å². The molecule has 1 aliphatic heterocycles. The number of hydrogen-bond donors (Lipinski definition) is 3. The molecule has 0 aliphatic carbocycles. The zero-order chi connectivity index (χ0) is 6.69. The Balaban J connectivity index is 2.57. The van der Waals surface area contributed by atoms with Crippen molar-refractivity contribution in [2.75, 3.05) is 0 Å². The van der Waals surface area contributed by atoms with Crippen LogP contribution in [0.4, 0.5) is 0 Å². The molecule has 0 saturated heterocycles. The van der Waals surface area contributed by atoms with E-state index in [0.717, 1.165) is 0 Å². The summed E-state index contributed by atoms with van der Waals surface area (Å²) in [4.78, 5) is 0. The molecule has 0 saturated carbocycles. The van der Waals surface area contributed by atoms with E-state index < -0.39 is 7.12 Å². The summed E-state index contributed by atoms with van der Waals surface area (Å²) in [6.07, 6.45) is 3.36. The maximum Gasteiger partial charge on any atom is 0.506 e. The number of rotatable bonds is 1. The molecule has 48 valence electrons. The third-order valence-electron chi connectivity index (χ3n) is 0.877. The predicted octanol–water partition coefficient (Wildman–Crippen LogP) is -0.353. The lowest BCUT2D eigenvalue weighted by Crippen LogP contribution is -2.24. The fourth-order valence-electron chi connectivity index (χ4n) is 0.457. The molecule has 1 heterocycles. The van der Waals surface area contributed by atoms with Gasteiger partial charge in [0.05, 0.1) is 5.60 Å². The van der Waals surface area contributed by atoms with Crippen LogP contribution in [0.2, 0.25) is 0 Å². The van der Waals surface area contributed by atoms with Crippen LogP contribution in [0.3, 0.4) is 0 Å². The number of nitrogens with one attached hydrogen (secondary N) is 1. The van der Waals surface area contributed by atoms with E-state index in [1.165, 1.54) is 11.9 Å². The quantitative estimate of drug-likeness (QED) is 0.346. The van der Waals surface area contributed by atoms with Gasteiger partial charge in [0, 0.05) is 0 Å². The summed E-state index contributed by atoms with van der Waals surface area (Å²) in [5, 5.41) is 18.9. The van der Waals surface area contributed by atoms with E-state index in [2.05, 4.69) is 4.72 Å². The van der Waals surface area contributed by atoms with Gasteiger partial charge in [-0.15, -0.1) is 0 Å². The van der Waals surface area contributed by atoms with Crippen LogP contribution in [0.25, 0.3) is 0 Å². The Hall–Kier alpha value is -0.385. The van der Waals surface area contributed by atoms with Crippen LogP contribution in [-0.4, -0.2) is 17.2 Å². The summed E-state index contributed by atoms with van der Waals surface area (Å²) in [6.45, 7) is 0. The SMILES string of the molecule is OB(O)C1=CC=CSN1. The van der Waals surface area contributed by atoms with Crippen LogP contribution in [0.5, 0.6) is 0 Å². The Morgan fingerprint density at radius 3 is 2.67 bits per heavy atom. The normalized spacial score (nSPS) is 16.4. The second kappa shape index (κ2) is 2.96. The molecule has 0 radical (unpaired) electrons. The average Bonchev–Trinajstić information content (AvgIpc) is 1.90. The molecule has 9 heavy (non-hydrogen) atoms. The molecule has 3 N–H and O–H groups in total. The summed E-state index contributed by atoms with van der Waals surface area (Å²) in [6, 6.07) is 0. The molecule has 0 atom stereocenters. The van der Waals surface area contributed by atoms with Gasteiger partial charge in [-0.25, -0.2) is 0 Å². The molecule has 0 unspecified atom stereocenters. The van der Waals surface area contributed by atoms with Crippen LogP contribution >= 0.6 is 11.9 Å². The van der Waals surface area contributed by atoms with E-state index in [1.54, 1.807) is 12.2 Å². The molecule has 0 bridgehead atoms. The second-order valence-electron chi connectivity index (χ2n) is 1.54. The zero-order valence-corrected chi connectivity index (χ0v) is 5.43. The Labute approximate surface area is 57.7 Å². The standard InChI is InChI=1S/C4H6BNO2S/c7-5(8)4-2-1-3-9-6-4/h1-3,6-8H. The lowest BCUT2D eigenvalue weighted by molar-refractivity contribution is 0.417. The summed E-state index contributed by atoms with van der Waals surface area (Å²) >= 11 is 1.31. The third kappa shape index (κ3) is 1.78. The first-order chi connectivity index (χ1) is 4.30. The van der Waals surface area contributed by atoms with Gasteiger partial charge in [0.15, 0.2) is 0 Å². The van der Waals surface area contributed by atoms with Crippen molar-refractivity contribution in [3.8, 4) is 0 Å². The minimum atomic E-state index is -1.39. The molecule has 0 aromatic heterocycles. The highest BCUT2D eigenvalue weighted by Gasteiger charge is 2.14. The summed E-state index contributed by atoms with van der Waals surface area (Å²) in [5.74, 6) is 0. The van der Waals surface area contributed by atoms with Crippen molar-refractivity contribution in [2.24, 2.45) is 0 Å². The van der Waals surface area contributed by atoms with E-state index in [-0.39, 0.29) is 0 Å². The van der Waals surface area contributed by atoms with Crippen molar-refractivity contribution < 1.29 is 10.0 Å². The van der Waals surface area contributed by atoms with Gasteiger partial charge >= 0.3 is 7.12 Å². The van der Waals surface area contributed by atoms with Gasteiger partial charge in [0.1, 0.15) is 0 Å². The maximum atomic E-state index is 8.55. The Bertz CT molecular complexity index is 157. The van der Waals surface area contributed by atoms with Crippen LogP contribution in [0.15, 0.2) is 23.2 Å². The van der Waals surface area contributed by atoms with Crippen molar-refractivity contribution in [1.82, 2.24) is 4.72 Å². The molecule has 1 rings (SSSR count). The monoisotopic (exact) mass is 143 g/mol. The molecule has 0 spiro atoms. The van der Waals surface area contributed by atoms with Crippen molar-refractivity contribution in [2.45, 2.75) is 0 Å². The van der Waals surface area contributed by atoms with Crippen LogP contribution < -0.4 is 4.72 Å². The largest absolute Gasteiger partial charge is 0.506 e. The lowest BCUT2D eigenvalue weighted by atomic mass is 9.86. The molecule has 0 aromatic carbocycles. The van der Waals surface area contributed by atoms with E-state index in [9.17, 15) is 0 Å². The van der Waals surface area contributed by atoms with Crippen molar-refractivity contribution in [3.63, 3.8) is 0 Å². The molecule has 1 aliphatic rings. The molecule has 0 fully saturated rings. The van der Waals surface area contributed by atoms with Gasteiger partial charge in [0.2, 0.25) is 0 Å². The van der Waals surface area contributed by atoms with E-state index >= 15 is 0 Å². The number of hydrogen-bond acceptors (Lipinski definition) is 4. The van der Waals surface area contributed by atoms with E-state index in [1.807, 2.05) is 5.41 Å². The minimum Gasteiger partial charge on any atom is -0.422 e. The van der Waals surface area contributed by atoms with E-state index in [4.69, 9.17) is 10.0 Å². The first-order valence-corrected chi connectivity index (χ1v) is 3.33. The van der Waals surface area contributed by atoms with Crippen LogP contribution in [-0.2, 0) is 0 Å². The van der Waals surface area contributed by atoms with Crippen molar-refractivity contribution in [1.29, 1.82) is 0 Å². The Morgan fingerprint density at radius 1 is 1.56 bits per heavy atom. The highest BCUT2D eigenvalue weighted by molar-refractivity contribution is 8.00. The smallest absolute Gasteiger partial charge is 0.422 e. The molecular weight excluding hydrogens is 137 g/mol. The molecule has 0 amide bonds. The number of allylic oxidation sites excluding steroid dienone is 2. The molecule has 5 heteroatoms. The summed E-state index contributed by atoms with van der Waals surface area (Å²) in [7, 11) is -1.39. The topological polar surface area (TPSA) is 52.5 Å². The third-order valence-corrected chi connectivity index (χ3v) is 1.52. The van der Waals surface area contributed by atoms with Gasteiger partial charge in [-0.1, -0.05) is 6.08 Å². The Kier molecular flexibility index (Phi) is 2.21. The summed E-state index contributed by atoms with van der Waals surface area (Å²) < 4.78 is 2.71. The van der Waals surface area contributed by atoms with E-state index in [0.29, 0.717) is 5.60 Å². The van der Waals surface area contributed by atoms with Gasteiger partial charge < -0.3 is 14.8 Å². The molecule has 0 aromatic rings. The lowest BCUT2D eigenvalue weighted by Gasteiger charge is -2.08.